The summed E-state index contributed by atoms with van der Waals surface area (Å²) in [7, 11) is -3.78. The molecule has 4 nitrogen and oxygen atoms in total. The number of benzene rings is 2. The first-order chi connectivity index (χ1) is 9.31. The Morgan fingerprint density at radius 3 is 2.40 bits per heavy atom. The number of aromatic hydroxyl groups is 1. The van der Waals surface area contributed by atoms with E-state index in [1.54, 1.807) is 31.2 Å². The van der Waals surface area contributed by atoms with Gasteiger partial charge in [-0.3, -0.25) is 4.72 Å². The average Bonchev–Trinajstić information content (AvgIpc) is 2.36. The molecule has 0 aliphatic rings. The van der Waals surface area contributed by atoms with Gasteiger partial charge in [0.2, 0.25) is 0 Å². The Balaban J connectivity index is 2.47. The van der Waals surface area contributed by atoms with Crippen LogP contribution in [0.1, 0.15) is 5.56 Å². The number of sulfonamides is 1. The van der Waals surface area contributed by atoms with Crippen LogP contribution in [-0.4, -0.2) is 13.5 Å². The lowest BCUT2D eigenvalue weighted by Crippen LogP contribution is -2.14. The van der Waals surface area contributed by atoms with Crippen molar-refractivity contribution in [3.05, 3.63) is 50.9 Å². The zero-order chi connectivity index (χ0) is 14.9. The Labute approximate surface area is 134 Å². The van der Waals surface area contributed by atoms with E-state index >= 15 is 0 Å². The third kappa shape index (κ3) is 3.16. The number of nitrogens with one attached hydrogen (secondary N) is 1. The Hall–Kier alpha value is -1.05. The summed E-state index contributed by atoms with van der Waals surface area (Å²) in [6, 6.07) is 9.39. The molecule has 2 rings (SSSR count). The van der Waals surface area contributed by atoms with Crippen LogP contribution in [-0.2, 0) is 10.0 Å². The molecule has 2 aromatic carbocycles. The molecule has 0 spiro atoms. The molecule has 106 valence electrons. The molecule has 2 aromatic rings. The summed E-state index contributed by atoms with van der Waals surface area (Å²) < 4.78 is 28.4. The third-order valence-electron chi connectivity index (χ3n) is 2.65. The molecule has 0 saturated carbocycles. The Kier molecular flexibility index (Phi) is 4.41. The number of rotatable bonds is 3. The first-order valence-corrected chi connectivity index (χ1v) is 8.64. The van der Waals surface area contributed by atoms with Gasteiger partial charge in [-0.1, -0.05) is 28.1 Å². The minimum atomic E-state index is -3.78. The van der Waals surface area contributed by atoms with Crippen molar-refractivity contribution in [2.75, 3.05) is 4.72 Å². The zero-order valence-electron chi connectivity index (χ0n) is 10.4. The van der Waals surface area contributed by atoms with Crippen LogP contribution in [0.4, 0.5) is 5.69 Å². The van der Waals surface area contributed by atoms with Crippen molar-refractivity contribution in [3.8, 4) is 5.75 Å². The van der Waals surface area contributed by atoms with Gasteiger partial charge in [0.05, 0.1) is 5.69 Å². The number of hydrogen-bond donors (Lipinski definition) is 2. The van der Waals surface area contributed by atoms with Crippen LogP contribution in [0.15, 0.2) is 50.2 Å². The van der Waals surface area contributed by atoms with Gasteiger partial charge >= 0.3 is 0 Å². The van der Waals surface area contributed by atoms with E-state index in [-0.39, 0.29) is 16.3 Å². The largest absolute Gasteiger partial charge is 0.506 e. The summed E-state index contributed by atoms with van der Waals surface area (Å²) in [6.45, 7) is 1.80. The third-order valence-corrected chi connectivity index (χ3v) is 5.83. The van der Waals surface area contributed by atoms with Gasteiger partial charge in [0.25, 0.3) is 10.0 Å². The van der Waals surface area contributed by atoms with E-state index in [4.69, 9.17) is 0 Å². The summed E-state index contributed by atoms with van der Waals surface area (Å²) in [6.07, 6.45) is 0. The van der Waals surface area contributed by atoms with E-state index in [1.165, 1.54) is 12.1 Å². The average molecular weight is 421 g/mol. The Morgan fingerprint density at radius 2 is 1.75 bits per heavy atom. The van der Waals surface area contributed by atoms with Crippen molar-refractivity contribution < 1.29 is 13.5 Å². The predicted octanol–water partition coefficient (Wildman–Crippen LogP) is 4.03. The molecule has 0 heterocycles. The molecule has 0 radical (unpaired) electrons. The summed E-state index contributed by atoms with van der Waals surface area (Å²) >= 11 is 6.58. The van der Waals surface area contributed by atoms with E-state index in [0.717, 1.165) is 10.0 Å². The molecule has 0 saturated heterocycles. The van der Waals surface area contributed by atoms with Crippen LogP contribution >= 0.6 is 31.9 Å². The van der Waals surface area contributed by atoms with Crippen LogP contribution < -0.4 is 4.72 Å². The molecular weight excluding hydrogens is 410 g/mol. The van der Waals surface area contributed by atoms with Crippen LogP contribution in [0, 0.1) is 6.92 Å². The van der Waals surface area contributed by atoms with Crippen molar-refractivity contribution in [1.82, 2.24) is 0 Å². The highest BCUT2D eigenvalue weighted by molar-refractivity contribution is 9.11. The lowest BCUT2D eigenvalue weighted by molar-refractivity contribution is 0.477. The number of anilines is 1. The van der Waals surface area contributed by atoms with Gasteiger partial charge < -0.3 is 5.11 Å². The van der Waals surface area contributed by atoms with Gasteiger partial charge in [-0.05, 0) is 52.7 Å². The van der Waals surface area contributed by atoms with Crippen molar-refractivity contribution >= 4 is 47.6 Å². The normalized spacial score (nSPS) is 11.3. The fourth-order valence-corrected chi connectivity index (χ4v) is 4.45. The van der Waals surface area contributed by atoms with Gasteiger partial charge in [0, 0.05) is 8.95 Å². The quantitative estimate of drug-likeness (QED) is 0.736. The second-order valence-electron chi connectivity index (χ2n) is 4.15. The highest BCUT2D eigenvalue weighted by Gasteiger charge is 2.20. The minimum Gasteiger partial charge on any atom is -0.506 e. The van der Waals surface area contributed by atoms with Crippen LogP contribution in [0.5, 0.6) is 5.75 Å². The molecule has 0 atom stereocenters. The molecule has 0 aromatic heterocycles. The second-order valence-corrected chi connectivity index (χ2v) is 7.51. The minimum absolute atomic E-state index is 0.112. The van der Waals surface area contributed by atoms with E-state index in [0.29, 0.717) is 4.47 Å². The maximum absolute atomic E-state index is 12.4. The van der Waals surface area contributed by atoms with Gasteiger partial charge in [-0.25, -0.2) is 8.42 Å². The molecule has 0 fully saturated rings. The van der Waals surface area contributed by atoms with Crippen LogP contribution in [0.3, 0.4) is 0 Å². The van der Waals surface area contributed by atoms with Gasteiger partial charge in [0.1, 0.15) is 10.6 Å². The van der Waals surface area contributed by atoms with Crippen molar-refractivity contribution in [2.24, 2.45) is 0 Å². The maximum atomic E-state index is 12.4. The lowest BCUT2D eigenvalue weighted by Gasteiger charge is -2.12. The summed E-state index contributed by atoms with van der Waals surface area (Å²) in [5, 5.41) is 9.64. The van der Waals surface area contributed by atoms with E-state index in [1.807, 2.05) is 0 Å². The summed E-state index contributed by atoms with van der Waals surface area (Å²) in [4.78, 5) is 0.112. The molecular formula is C13H11Br2NO3S. The predicted molar refractivity (Wildman–Crippen MR) is 85.5 cm³/mol. The van der Waals surface area contributed by atoms with E-state index < -0.39 is 10.0 Å². The second kappa shape index (κ2) is 5.75. The molecule has 7 heteroatoms. The van der Waals surface area contributed by atoms with Gasteiger partial charge in [-0.2, -0.15) is 0 Å². The van der Waals surface area contributed by atoms with E-state index in [9.17, 15) is 13.5 Å². The lowest BCUT2D eigenvalue weighted by atomic mass is 10.2. The topological polar surface area (TPSA) is 66.4 Å². The maximum Gasteiger partial charge on any atom is 0.263 e. The fourth-order valence-electron chi connectivity index (χ4n) is 1.60. The number of halogens is 2. The molecule has 2 N–H and O–H groups in total. The van der Waals surface area contributed by atoms with Crippen molar-refractivity contribution in [2.45, 2.75) is 11.8 Å². The fraction of sp³-hybridized carbons (Fsp3) is 0.0769. The Morgan fingerprint density at radius 1 is 1.10 bits per heavy atom. The molecule has 0 bridgehead atoms. The first kappa shape index (κ1) is 15.3. The molecule has 0 amide bonds. The number of hydrogen-bond acceptors (Lipinski definition) is 3. The van der Waals surface area contributed by atoms with Crippen molar-refractivity contribution in [1.29, 1.82) is 0 Å². The standard InChI is InChI=1S/C13H11Br2NO3S/c1-8-6-13(10(15)7-9(8)14)20(18,19)16-11-4-2-3-5-12(11)17/h2-7,16-17H,1H3. The van der Waals surface area contributed by atoms with Gasteiger partial charge in [-0.15, -0.1) is 0 Å². The summed E-state index contributed by atoms with van der Waals surface area (Å²) in [5.74, 6) is -0.124. The van der Waals surface area contributed by atoms with E-state index in [2.05, 4.69) is 36.6 Å². The molecule has 0 aliphatic heterocycles. The number of para-hydroxylation sites is 2. The zero-order valence-corrected chi connectivity index (χ0v) is 14.4. The highest BCUT2D eigenvalue weighted by atomic mass is 79.9. The number of aryl methyl sites for hydroxylation is 1. The molecule has 20 heavy (non-hydrogen) atoms. The van der Waals surface area contributed by atoms with Crippen LogP contribution in [0.2, 0.25) is 0 Å². The monoisotopic (exact) mass is 419 g/mol. The summed E-state index contributed by atoms with van der Waals surface area (Å²) in [5.41, 5.74) is 0.936. The Bertz CT molecular complexity index is 760. The molecule has 0 aliphatic carbocycles. The number of phenols is 1. The smallest absolute Gasteiger partial charge is 0.263 e. The van der Waals surface area contributed by atoms with Gasteiger partial charge in [0.15, 0.2) is 0 Å². The highest BCUT2D eigenvalue weighted by Crippen LogP contribution is 2.31. The van der Waals surface area contributed by atoms with Crippen LogP contribution in [0.25, 0.3) is 0 Å². The first-order valence-electron chi connectivity index (χ1n) is 5.58. The SMILES string of the molecule is Cc1cc(S(=O)(=O)Nc2ccccc2O)c(Br)cc1Br. The molecule has 0 unspecified atom stereocenters. The number of phenolic OH excluding ortho intramolecular Hbond substituents is 1. The van der Waals surface area contributed by atoms with Crippen molar-refractivity contribution in [3.63, 3.8) is 0 Å².